The van der Waals surface area contributed by atoms with Crippen LogP contribution in [0.1, 0.15) is 66.2 Å². The maximum atomic E-state index is 11.7. The molecule has 0 aromatic heterocycles. The monoisotopic (exact) mass is 322 g/mol. The number of allylic oxidation sites excluding steroid dienone is 1. The minimum Gasteiger partial charge on any atom is -0.484 e. The molecule has 3 unspecified atom stereocenters. The Labute approximate surface area is 138 Å². The summed E-state index contributed by atoms with van der Waals surface area (Å²) < 4.78 is 6.17. The average molecular weight is 322 g/mol. The lowest BCUT2D eigenvalue weighted by molar-refractivity contribution is -0.281. The van der Waals surface area contributed by atoms with Crippen LogP contribution < -0.4 is 0 Å². The zero-order valence-electron chi connectivity index (χ0n) is 14.8. The fourth-order valence-electron chi connectivity index (χ4n) is 6.06. The SMILES string of the molecule is C=C(OC(C)(C(C)C)C12CC3CC(O)(CC(O)(C3)C1)C2)C(C)=O. The van der Waals surface area contributed by atoms with Gasteiger partial charge in [0, 0.05) is 18.8 Å². The van der Waals surface area contributed by atoms with E-state index in [1.807, 2.05) is 6.92 Å². The summed E-state index contributed by atoms with van der Waals surface area (Å²) in [4.78, 5) is 11.7. The van der Waals surface area contributed by atoms with Crippen LogP contribution in [0.3, 0.4) is 0 Å². The quantitative estimate of drug-likeness (QED) is 0.603. The van der Waals surface area contributed by atoms with Gasteiger partial charge in [-0.1, -0.05) is 20.4 Å². The Balaban J connectivity index is 2.02. The van der Waals surface area contributed by atoms with E-state index in [2.05, 4.69) is 20.4 Å². The van der Waals surface area contributed by atoms with E-state index in [1.54, 1.807) is 0 Å². The predicted molar refractivity (Wildman–Crippen MR) is 87.7 cm³/mol. The minimum absolute atomic E-state index is 0.141. The summed E-state index contributed by atoms with van der Waals surface area (Å²) in [6.07, 6.45) is 4.24. The number of aliphatic hydroxyl groups is 2. The molecule has 4 aliphatic rings. The highest BCUT2D eigenvalue weighted by Gasteiger charge is 2.69. The molecule has 4 heteroatoms. The zero-order chi connectivity index (χ0) is 17.3. The molecule has 0 spiro atoms. The van der Waals surface area contributed by atoms with Gasteiger partial charge in [-0.15, -0.1) is 0 Å². The summed E-state index contributed by atoms with van der Waals surface area (Å²) >= 11 is 0. The number of Topliss-reactive ketones (excluding diaryl/α,β-unsaturated/α-hetero) is 1. The van der Waals surface area contributed by atoms with Crippen molar-refractivity contribution in [1.29, 1.82) is 0 Å². The molecule has 4 saturated carbocycles. The van der Waals surface area contributed by atoms with Crippen LogP contribution in [-0.2, 0) is 9.53 Å². The Bertz CT molecular complexity index is 534. The van der Waals surface area contributed by atoms with Crippen LogP contribution in [0.4, 0.5) is 0 Å². The molecule has 2 N–H and O–H groups in total. The minimum atomic E-state index is -0.800. The first-order chi connectivity index (χ1) is 10.4. The van der Waals surface area contributed by atoms with Gasteiger partial charge in [-0.2, -0.15) is 0 Å². The Hall–Kier alpha value is -0.870. The number of carbonyl (C=O) groups excluding carboxylic acids is 1. The van der Waals surface area contributed by atoms with Crippen LogP contribution in [-0.4, -0.2) is 32.8 Å². The summed E-state index contributed by atoms with van der Waals surface area (Å²) in [6, 6.07) is 0. The van der Waals surface area contributed by atoms with Gasteiger partial charge in [0.15, 0.2) is 11.5 Å². The van der Waals surface area contributed by atoms with Crippen LogP contribution in [0.5, 0.6) is 0 Å². The molecule has 0 aliphatic heterocycles. The molecule has 23 heavy (non-hydrogen) atoms. The Morgan fingerprint density at radius 2 is 1.70 bits per heavy atom. The molecule has 0 heterocycles. The summed E-state index contributed by atoms with van der Waals surface area (Å²) in [5.74, 6) is 0.477. The van der Waals surface area contributed by atoms with E-state index in [-0.39, 0.29) is 22.9 Å². The molecule has 3 atom stereocenters. The molecule has 4 nitrogen and oxygen atoms in total. The molecule has 4 bridgehead atoms. The highest BCUT2D eigenvalue weighted by atomic mass is 16.5. The predicted octanol–water partition coefficient (Wildman–Crippen LogP) is 2.97. The number of hydrogen-bond donors (Lipinski definition) is 2. The molecule has 4 rings (SSSR count). The first-order valence-electron chi connectivity index (χ1n) is 8.76. The van der Waals surface area contributed by atoms with E-state index in [0.717, 1.165) is 19.3 Å². The molecule has 0 radical (unpaired) electrons. The van der Waals surface area contributed by atoms with Crippen LogP contribution in [0, 0.1) is 17.3 Å². The highest BCUT2D eigenvalue weighted by molar-refractivity contribution is 5.90. The Morgan fingerprint density at radius 1 is 1.17 bits per heavy atom. The van der Waals surface area contributed by atoms with Crippen LogP contribution in [0.2, 0.25) is 0 Å². The number of ketones is 1. The van der Waals surface area contributed by atoms with E-state index >= 15 is 0 Å². The standard InChI is InChI=1S/C19H30O4/c1-12(2)16(5,23-14(4)13(3)20)17-6-15-7-18(21,9-17)11-19(22,8-15)10-17/h12,15,21-22H,4,6-11H2,1-3,5H3. The van der Waals surface area contributed by atoms with Crippen molar-refractivity contribution in [3.63, 3.8) is 0 Å². The van der Waals surface area contributed by atoms with Crippen molar-refractivity contribution in [2.24, 2.45) is 17.3 Å². The van der Waals surface area contributed by atoms with Crippen LogP contribution in [0.25, 0.3) is 0 Å². The maximum Gasteiger partial charge on any atom is 0.193 e. The smallest absolute Gasteiger partial charge is 0.193 e. The van der Waals surface area contributed by atoms with Gasteiger partial charge in [0.1, 0.15) is 5.60 Å². The molecule has 0 saturated heterocycles. The van der Waals surface area contributed by atoms with E-state index in [9.17, 15) is 15.0 Å². The number of ether oxygens (including phenoxy) is 1. The van der Waals surface area contributed by atoms with Gasteiger partial charge in [-0.3, -0.25) is 4.79 Å². The van der Waals surface area contributed by atoms with Crippen molar-refractivity contribution in [2.45, 2.75) is 83.0 Å². The van der Waals surface area contributed by atoms with Gasteiger partial charge in [0.25, 0.3) is 0 Å². The Kier molecular flexibility index (Phi) is 3.56. The summed E-state index contributed by atoms with van der Waals surface area (Å²) in [7, 11) is 0. The van der Waals surface area contributed by atoms with Crippen molar-refractivity contribution in [3.05, 3.63) is 12.3 Å². The first-order valence-corrected chi connectivity index (χ1v) is 8.76. The second-order valence-electron chi connectivity index (χ2n) is 9.08. The van der Waals surface area contributed by atoms with E-state index in [4.69, 9.17) is 4.74 Å². The molecule has 4 aliphatic carbocycles. The molecule has 4 fully saturated rings. The molecule has 0 aromatic carbocycles. The summed E-state index contributed by atoms with van der Waals surface area (Å²) in [6.45, 7) is 11.4. The van der Waals surface area contributed by atoms with Crippen molar-refractivity contribution < 1.29 is 19.7 Å². The van der Waals surface area contributed by atoms with Gasteiger partial charge < -0.3 is 14.9 Å². The van der Waals surface area contributed by atoms with Crippen molar-refractivity contribution in [2.75, 3.05) is 0 Å². The summed E-state index contributed by atoms with van der Waals surface area (Å²) in [5.41, 5.74) is -2.55. The van der Waals surface area contributed by atoms with Gasteiger partial charge in [0.2, 0.25) is 0 Å². The lowest BCUT2D eigenvalue weighted by atomic mass is 9.41. The first kappa shape index (κ1) is 17.0. The van der Waals surface area contributed by atoms with E-state index in [1.165, 1.54) is 6.92 Å². The van der Waals surface area contributed by atoms with Gasteiger partial charge in [-0.05, 0) is 50.9 Å². The third kappa shape index (κ3) is 2.45. The number of hydrogen-bond acceptors (Lipinski definition) is 4. The van der Waals surface area contributed by atoms with Gasteiger partial charge in [0.05, 0.1) is 11.2 Å². The third-order valence-corrected chi connectivity index (χ3v) is 6.89. The van der Waals surface area contributed by atoms with Crippen molar-refractivity contribution in [1.82, 2.24) is 0 Å². The second-order valence-corrected chi connectivity index (χ2v) is 9.08. The summed E-state index contributed by atoms with van der Waals surface area (Å²) in [5, 5.41) is 22.0. The van der Waals surface area contributed by atoms with Gasteiger partial charge >= 0.3 is 0 Å². The Morgan fingerprint density at radius 3 is 2.09 bits per heavy atom. The topological polar surface area (TPSA) is 66.8 Å². The average Bonchev–Trinajstić information content (AvgIpc) is 2.33. The molecular formula is C19H30O4. The maximum absolute atomic E-state index is 11.7. The normalized spacial score (nSPS) is 44.2. The van der Waals surface area contributed by atoms with Crippen LogP contribution >= 0.6 is 0 Å². The number of carbonyl (C=O) groups is 1. The van der Waals surface area contributed by atoms with Crippen molar-refractivity contribution >= 4 is 5.78 Å². The fraction of sp³-hybridized carbons (Fsp3) is 0.842. The third-order valence-electron chi connectivity index (χ3n) is 6.89. The fourth-order valence-corrected chi connectivity index (χ4v) is 6.06. The zero-order valence-corrected chi connectivity index (χ0v) is 14.8. The van der Waals surface area contributed by atoms with Gasteiger partial charge in [-0.25, -0.2) is 0 Å². The van der Waals surface area contributed by atoms with Crippen LogP contribution in [0.15, 0.2) is 12.3 Å². The molecular weight excluding hydrogens is 292 g/mol. The van der Waals surface area contributed by atoms with E-state index < -0.39 is 16.8 Å². The second kappa shape index (κ2) is 4.82. The molecule has 0 amide bonds. The lowest BCUT2D eigenvalue weighted by Crippen LogP contribution is -2.69. The number of rotatable bonds is 5. The largest absolute Gasteiger partial charge is 0.484 e. The van der Waals surface area contributed by atoms with Crippen molar-refractivity contribution in [3.8, 4) is 0 Å². The van der Waals surface area contributed by atoms with E-state index in [0.29, 0.717) is 25.2 Å². The molecule has 0 aromatic rings. The lowest BCUT2D eigenvalue weighted by Gasteiger charge is -2.68. The molecule has 130 valence electrons. The highest BCUT2D eigenvalue weighted by Crippen LogP contribution is 2.68.